The van der Waals surface area contributed by atoms with Crippen LogP contribution in [0.15, 0.2) is 24.3 Å². The first-order valence-corrected chi connectivity index (χ1v) is 7.46. The molecule has 7 heteroatoms. The molecule has 2 aromatic heterocycles. The molecule has 0 saturated heterocycles. The molecular weight excluding hydrogens is 288 g/mol. The summed E-state index contributed by atoms with van der Waals surface area (Å²) >= 11 is 1.30. The molecule has 0 aliphatic rings. The second kappa shape index (κ2) is 5.61. The fourth-order valence-corrected chi connectivity index (χ4v) is 3.04. The number of aryl methyl sites for hydroxylation is 2. The van der Waals surface area contributed by atoms with Crippen LogP contribution in [0.5, 0.6) is 0 Å². The van der Waals surface area contributed by atoms with Crippen molar-refractivity contribution in [2.24, 2.45) is 0 Å². The smallest absolute Gasteiger partial charge is 0.305 e. The summed E-state index contributed by atoms with van der Waals surface area (Å²) in [4.78, 5) is 16.5. The average molecular weight is 302 g/mol. The van der Waals surface area contributed by atoms with Crippen molar-refractivity contribution in [2.45, 2.75) is 26.3 Å². The second-order valence-corrected chi connectivity index (χ2v) is 5.38. The fourth-order valence-electron chi connectivity index (χ4n) is 2.29. The van der Waals surface area contributed by atoms with E-state index >= 15 is 0 Å². The molecule has 108 valence electrons. The molecular formula is C14H14N4O2S. The summed E-state index contributed by atoms with van der Waals surface area (Å²) in [7, 11) is 0. The lowest BCUT2D eigenvalue weighted by Crippen LogP contribution is -2.06. The van der Waals surface area contributed by atoms with Crippen LogP contribution in [0, 0.1) is 0 Å². The Bertz CT molecular complexity index is 793. The Balaban J connectivity index is 2.16. The van der Waals surface area contributed by atoms with Gasteiger partial charge in [0.1, 0.15) is 4.88 Å². The zero-order chi connectivity index (χ0) is 14.8. The van der Waals surface area contributed by atoms with Crippen molar-refractivity contribution in [2.75, 3.05) is 0 Å². The van der Waals surface area contributed by atoms with E-state index < -0.39 is 5.97 Å². The van der Waals surface area contributed by atoms with Crippen molar-refractivity contribution < 1.29 is 9.90 Å². The second-order valence-electron chi connectivity index (χ2n) is 4.62. The zero-order valence-corrected chi connectivity index (χ0v) is 12.3. The monoisotopic (exact) mass is 302 g/mol. The number of nitrogens with zero attached hydrogens (tertiary/aromatic N) is 4. The Hall–Kier alpha value is -2.28. The molecule has 0 radical (unpaired) electrons. The number of aromatic nitrogens is 4. The number of carboxylic acid groups (broad SMARTS) is 1. The normalized spacial score (nSPS) is 11.1. The van der Waals surface area contributed by atoms with E-state index in [1.165, 1.54) is 11.5 Å². The molecule has 0 aliphatic heterocycles. The topological polar surface area (TPSA) is 80.9 Å². The first-order chi connectivity index (χ1) is 10.2. The molecule has 0 atom stereocenters. The average Bonchev–Trinajstić information content (AvgIpc) is 3.08. The zero-order valence-electron chi connectivity index (χ0n) is 11.5. The molecule has 0 spiro atoms. The lowest BCUT2D eigenvalue weighted by Gasteiger charge is -2.06. The van der Waals surface area contributed by atoms with Crippen molar-refractivity contribution in [1.29, 1.82) is 0 Å². The first kappa shape index (κ1) is 13.7. The van der Waals surface area contributed by atoms with E-state index in [9.17, 15) is 4.79 Å². The van der Waals surface area contributed by atoms with Crippen LogP contribution in [-0.2, 0) is 17.8 Å². The number of imidazole rings is 1. The summed E-state index contributed by atoms with van der Waals surface area (Å²) in [5.41, 5.74) is 2.68. The lowest BCUT2D eigenvalue weighted by atomic mass is 10.3. The molecule has 6 nitrogen and oxygen atoms in total. The molecule has 3 aromatic rings. The van der Waals surface area contributed by atoms with Crippen LogP contribution in [0.2, 0.25) is 0 Å². The molecule has 0 fully saturated rings. The Morgan fingerprint density at radius 3 is 2.95 bits per heavy atom. The Labute approximate surface area is 125 Å². The number of fused-ring (bicyclic) bond motifs is 1. The SMILES string of the molecule is CCc1nnsc1-c1nc2ccccc2n1CCC(=O)O. The number of rotatable bonds is 5. The van der Waals surface area contributed by atoms with Crippen molar-refractivity contribution in [3.05, 3.63) is 30.0 Å². The largest absolute Gasteiger partial charge is 0.481 e. The van der Waals surface area contributed by atoms with Crippen LogP contribution in [0.1, 0.15) is 19.0 Å². The molecule has 1 N–H and O–H groups in total. The molecule has 21 heavy (non-hydrogen) atoms. The summed E-state index contributed by atoms with van der Waals surface area (Å²) in [5, 5.41) is 13.1. The molecule has 3 rings (SSSR count). The highest BCUT2D eigenvalue weighted by atomic mass is 32.1. The summed E-state index contributed by atoms with van der Waals surface area (Å²) < 4.78 is 5.94. The Morgan fingerprint density at radius 2 is 2.19 bits per heavy atom. The summed E-state index contributed by atoms with van der Waals surface area (Å²) in [5.74, 6) is -0.0684. The van der Waals surface area contributed by atoms with Crippen molar-refractivity contribution >= 4 is 28.5 Å². The number of carbonyl (C=O) groups is 1. The van der Waals surface area contributed by atoms with Crippen molar-refractivity contribution in [3.63, 3.8) is 0 Å². The summed E-state index contributed by atoms with van der Waals surface area (Å²) in [6, 6.07) is 7.73. The van der Waals surface area contributed by atoms with Gasteiger partial charge in [-0.3, -0.25) is 4.79 Å². The van der Waals surface area contributed by atoms with E-state index in [0.717, 1.165) is 33.8 Å². The van der Waals surface area contributed by atoms with Crippen LogP contribution in [0.4, 0.5) is 0 Å². The molecule has 0 saturated carbocycles. The maximum Gasteiger partial charge on any atom is 0.305 e. The van der Waals surface area contributed by atoms with E-state index in [1.807, 2.05) is 35.8 Å². The van der Waals surface area contributed by atoms with Gasteiger partial charge in [-0.1, -0.05) is 23.5 Å². The molecule has 0 amide bonds. The van der Waals surface area contributed by atoms with E-state index in [1.54, 1.807) is 0 Å². The maximum absolute atomic E-state index is 10.9. The van der Waals surface area contributed by atoms with Crippen LogP contribution >= 0.6 is 11.5 Å². The predicted molar refractivity (Wildman–Crippen MR) is 80.3 cm³/mol. The van der Waals surface area contributed by atoms with Gasteiger partial charge in [-0.15, -0.1) is 5.10 Å². The number of para-hydroxylation sites is 2. The van der Waals surface area contributed by atoms with Gasteiger partial charge in [0.05, 0.1) is 23.1 Å². The van der Waals surface area contributed by atoms with Gasteiger partial charge < -0.3 is 9.67 Å². The highest BCUT2D eigenvalue weighted by Crippen LogP contribution is 2.29. The van der Waals surface area contributed by atoms with Gasteiger partial charge in [0.25, 0.3) is 0 Å². The minimum absolute atomic E-state index is 0.0566. The predicted octanol–water partition coefficient (Wildman–Crippen LogP) is 2.59. The standard InChI is InChI=1S/C14H14N4O2S/c1-2-9-13(21-17-16-9)14-15-10-5-3-4-6-11(10)18(14)8-7-12(19)20/h3-6H,2,7-8H2,1H3,(H,19,20). The number of benzene rings is 1. The Morgan fingerprint density at radius 1 is 1.38 bits per heavy atom. The third-order valence-electron chi connectivity index (χ3n) is 3.30. The minimum atomic E-state index is -0.822. The first-order valence-electron chi connectivity index (χ1n) is 6.69. The van der Waals surface area contributed by atoms with Gasteiger partial charge in [0.15, 0.2) is 5.82 Å². The van der Waals surface area contributed by atoms with E-state index in [0.29, 0.717) is 6.54 Å². The minimum Gasteiger partial charge on any atom is -0.481 e. The number of carboxylic acids is 1. The quantitative estimate of drug-likeness (QED) is 0.783. The number of hydrogen-bond acceptors (Lipinski definition) is 5. The number of aliphatic carboxylic acids is 1. The highest BCUT2D eigenvalue weighted by Gasteiger charge is 2.18. The fraction of sp³-hybridized carbons (Fsp3) is 0.286. The van der Waals surface area contributed by atoms with Crippen LogP contribution < -0.4 is 0 Å². The van der Waals surface area contributed by atoms with Gasteiger partial charge in [-0.25, -0.2) is 4.98 Å². The van der Waals surface area contributed by atoms with Crippen molar-refractivity contribution in [3.8, 4) is 10.7 Å². The molecule has 0 bridgehead atoms. The van der Waals surface area contributed by atoms with Gasteiger partial charge in [-0.2, -0.15) is 0 Å². The molecule has 2 heterocycles. The summed E-state index contributed by atoms with van der Waals surface area (Å²) in [6.07, 6.45) is 0.828. The summed E-state index contributed by atoms with van der Waals surface area (Å²) in [6.45, 7) is 2.40. The van der Waals surface area contributed by atoms with E-state index in [2.05, 4.69) is 14.6 Å². The van der Waals surface area contributed by atoms with E-state index in [-0.39, 0.29) is 6.42 Å². The van der Waals surface area contributed by atoms with Gasteiger partial charge in [0.2, 0.25) is 0 Å². The highest BCUT2D eigenvalue weighted by molar-refractivity contribution is 7.09. The third kappa shape index (κ3) is 2.52. The van der Waals surface area contributed by atoms with Gasteiger partial charge in [0, 0.05) is 6.54 Å². The van der Waals surface area contributed by atoms with E-state index in [4.69, 9.17) is 5.11 Å². The molecule has 0 aliphatic carbocycles. The molecule has 0 unspecified atom stereocenters. The van der Waals surface area contributed by atoms with Crippen LogP contribution in [0.3, 0.4) is 0 Å². The van der Waals surface area contributed by atoms with Gasteiger partial charge in [-0.05, 0) is 30.1 Å². The maximum atomic E-state index is 10.9. The molecule has 1 aromatic carbocycles. The number of hydrogen-bond donors (Lipinski definition) is 1. The van der Waals surface area contributed by atoms with Gasteiger partial charge >= 0.3 is 5.97 Å². The Kier molecular flexibility index (Phi) is 3.66. The lowest BCUT2D eigenvalue weighted by molar-refractivity contribution is -0.137. The van der Waals surface area contributed by atoms with Crippen LogP contribution in [0.25, 0.3) is 21.7 Å². The third-order valence-corrected chi connectivity index (χ3v) is 4.06. The van der Waals surface area contributed by atoms with Crippen molar-refractivity contribution in [1.82, 2.24) is 19.1 Å². The van der Waals surface area contributed by atoms with Crippen LogP contribution in [-0.4, -0.2) is 30.2 Å².